The number of carbonyl (C=O) groups is 1. The fourth-order valence-corrected chi connectivity index (χ4v) is 2.91. The Bertz CT molecular complexity index is 244. The maximum absolute atomic E-state index is 11.3. The molecule has 2 aliphatic heterocycles. The summed E-state index contributed by atoms with van der Waals surface area (Å²) in [6.45, 7) is 5.65. The lowest BCUT2D eigenvalue weighted by atomic mass is 9.97. The van der Waals surface area contributed by atoms with Crippen LogP contribution in [0, 0.1) is 0 Å². The third kappa shape index (κ3) is 2.95. The van der Waals surface area contributed by atoms with E-state index in [-0.39, 0.29) is 5.91 Å². The van der Waals surface area contributed by atoms with Crippen LogP contribution in [0.15, 0.2) is 0 Å². The predicted molar refractivity (Wildman–Crippen MR) is 64.3 cm³/mol. The first-order valence-corrected chi connectivity index (χ1v) is 6.53. The van der Waals surface area contributed by atoms with Crippen LogP contribution in [0.2, 0.25) is 0 Å². The van der Waals surface area contributed by atoms with Gasteiger partial charge in [0.05, 0.1) is 6.54 Å². The molecule has 0 spiro atoms. The van der Waals surface area contributed by atoms with Crippen LogP contribution in [0.3, 0.4) is 0 Å². The minimum atomic E-state index is 0.122. The number of hydrogen-bond donors (Lipinski definition) is 2. The Kier molecular flexibility index (Phi) is 4.18. The molecule has 2 saturated heterocycles. The number of fused-ring (bicyclic) bond motifs is 1. The largest absolute Gasteiger partial charge is 0.355 e. The van der Waals surface area contributed by atoms with Gasteiger partial charge in [0.25, 0.3) is 0 Å². The molecule has 2 unspecified atom stereocenters. The van der Waals surface area contributed by atoms with E-state index in [4.69, 9.17) is 0 Å². The molecule has 92 valence electrons. The number of hydrogen-bond acceptors (Lipinski definition) is 3. The third-order valence-electron chi connectivity index (χ3n) is 3.75. The second-order valence-corrected chi connectivity index (χ2v) is 4.89. The molecule has 0 saturated carbocycles. The molecule has 0 aromatic carbocycles. The fraction of sp³-hybridized carbons (Fsp3) is 0.917. The monoisotopic (exact) mass is 225 g/mol. The number of likely N-dealkylation sites (N-methyl/N-ethyl adjacent to an activating group) is 1. The molecular weight excluding hydrogens is 202 g/mol. The van der Waals surface area contributed by atoms with Gasteiger partial charge in [0.2, 0.25) is 5.91 Å². The van der Waals surface area contributed by atoms with E-state index in [2.05, 4.69) is 15.5 Å². The van der Waals surface area contributed by atoms with Crippen molar-refractivity contribution < 1.29 is 4.79 Å². The molecule has 2 atom stereocenters. The van der Waals surface area contributed by atoms with Gasteiger partial charge < -0.3 is 15.5 Å². The first kappa shape index (κ1) is 11.9. The number of carbonyl (C=O) groups excluding carboxylic acids is 1. The summed E-state index contributed by atoms with van der Waals surface area (Å²) in [4.78, 5) is 13.9. The molecule has 1 amide bonds. The minimum Gasteiger partial charge on any atom is -0.355 e. The Hall–Kier alpha value is -0.610. The van der Waals surface area contributed by atoms with Crippen molar-refractivity contribution in [2.45, 2.75) is 44.7 Å². The zero-order valence-electron chi connectivity index (χ0n) is 10.2. The fourth-order valence-electron chi connectivity index (χ4n) is 2.91. The summed E-state index contributed by atoms with van der Waals surface area (Å²) in [5.74, 6) is 0.122. The van der Waals surface area contributed by atoms with Crippen LogP contribution >= 0.6 is 0 Å². The van der Waals surface area contributed by atoms with Gasteiger partial charge in [-0.3, -0.25) is 4.79 Å². The highest BCUT2D eigenvalue weighted by Gasteiger charge is 2.31. The van der Waals surface area contributed by atoms with Crippen LogP contribution in [-0.4, -0.2) is 49.1 Å². The zero-order chi connectivity index (χ0) is 11.4. The van der Waals surface area contributed by atoms with Crippen LogP contribution in [0.5, 0.6) is 0 Å². The summed E-state index contributed by atoms with van der Waals surface area (Å²) in [6.07, 6.45) is 5.11. The summed E-state index contributed by atoms with van der Waals surface area (Å²) in [7, 11) is 0. The number of amides is 1. The highest BCUT2D eigenvalue weighted by Crippen LogP contribution is 2.26. The van der Waals surface area contributed by atoms with Crippen molar-refractivity contribution in [3.05, 3.63) is 0 Å². The second-order valence-electron chi connectivity index (χ2n) is 4.89. The highest BCUT2D eigenvalue weighted by molar-refractivity contribution is 5.77. The van der Waals surface area contributed by atoms with Crippen molar-refractivity contribution in [3.8, 4) is 0 Å². The maximum Gasteiger partial charge on any atom is 0.233 e. The van der Waals surface area contributed by atoms with Gasteiger partial charge in [-0.15, -0.1) is 0 Å². The lowest BCUT2D eigenvalue weighted by molar-refractivity contribution is -0.120. The van der Waals surface area contributed by atoms with Gasteiger partial charge in [0, 0.05) is 18.6 Å². The van der Waals surface area contributed by atoms with Crippen molar-refractivity contribution in [3.63, 3.8) is 0 Å². The molecule has 2 N–H and O–H groups in total. The van der Waals surface area contributed by atoms with Crippen LogP contribution in [0.4, 0.5) is 0 Å². The van der Waals surface area contributed by atoms with E-state index in [1.165, 1.54) is 38.8 Å². The summed E-state index contributed by atoms with van der Waals surface area (Å²) in [5.41, 5.74) is 0. The van der Waals surface area contributed by atoms with Gasteiger partial charge in [0.15, 0.2) is 0 Å². The van der Waals surface area contributed by atoms with Gasteiger partial charge in [0.1, 0.15) is 0 Å². The Morgan fingerprint density at radius 1 is 1.38 bits per heavy atom. The molecule has 2 aliphatic rings. The molecule has 4 nitrogen and oxygen atoms in total. The molecule has 16 heavy (non-hydrogen) atoms. The van der Waals surface area contributed by atoms with Crippen LogP contribution in [0.1, 0.15) is 32.6 Å². The number of nitrogens with one attached hydrogen (secondary N) is 2. The molecule has 0 aromatic heterocycles. The summed E-state index contributed by atoms with van der Waals surface area (Å²) in [6, 6.07) is 1.32. The van der Waals surface area contributed by atoms with Crippen molar-refractivity contribution in [2.75, 3.05) is 26.2 Å². The van der Waals surface area contributed by atoms with Gasteiger partial charge in [-0.05, 0) is 45.7 Å². The van der Waals surface area contributed by atoms with Crippen molar-refractivity contribution in [1.82, 2.24) is 15.5 Å². The normalized spacial score (nSPS) is 30.1. The van der Waals surface area contributed by atoms with Crippen molar-refractivity contribution >= 4 is 5.91 Å². The smallest absolute Gasteiger partial charge is 0.233 e. The molecule has 0 aromatic rings. The lowest BCUT2D eigenvalue weighted by Gasteiger charge is -2.35. The van der Waals surface area contributed by atoms with Gasteiger partial charge in [-0.2, -0.15) is 0 Å². The van der Waals surface area contributed by atoms with E-state index in [9.17, 15) is 4.79 Å². The van der Waals surface area contributed by atoms with Crippen molar-refractivity contribution in [1.29, 1.82) is 0 Å². The SMILES string of the molecule is CCNC(=O)CNC1CCN2CCCC2C1. The minimum absolute atomic E-state index is 0.122. The number of nitrogens with zero attached hydrogens (tertiary/aromatic N) is 1. The maximum atomic E-state index is 11.3. The summed E-state index contributed by atoms with van der Waals surface area (Å²) in [5, 5.41) is 6.20. The van der Waals surface area contributed by atoms with E-state index in [0.29, 0.717) is 12.6 Å². The summed E-state index contributed by atoms with van der Waals surface area (Å²) >= 11 is 0. The first-order valence-electron chi connectivity index (χ1n) is 6.53. The standard InChI is InChI=1S/C12H23N3O/c1-2-13-12(16)9-14-10-5-7-15-6-3-4-11(15)8-10/h10-11,14H,2-9H2,1H3,(H,13,16). The second kappa shape index (κ2) is 5.64. The molecule has 2 rings (SSSR count). The Morgan fingerprint density at radius 2 is 2.25 bits per heavy atom. The van der Waals surface area contributed by atoms with E-state index in [1.54, 1.807) is 0 Å². The van der Waals surface area contributed by atoms with Crippen LogP contribution in [0.25, 0.3) is 0 Å². The van der Waals surface area contributed by atoms with E-state index < -0.39 is 0 Å². The van der Waals surface area contributed by atoms with E-state index >= 15 is 0 Å². The van der Waals surface area contributed by atoms with Gasteiger partial charge in [-0.25, -0.2) is 0 Å². The molecule has 0 bridgehead atoms. The average Bonchev–Trinajstić information content (AvgIpc) is 2.74. The van der Waals surface area contributed by atoms with Gasteiger partial charge >= 0.3 is 0 Å². The highest BCUT2D eigenvalue weighted by atomic mass is 16.1. The quantitative estimate of drug-likeness (QED) is 0.725. The van der Waals surface area contributed by atoms with Crippen molar-refractivity contribution in [2.24, 2.45) is 0 Å². The topological polar surface area (TPSA) is 44.4 Å². The predicted octanol–water partition coefficient (Wildman–Crippen LogP) is 0.339. The van der Waals surface area contributed by atoms with E-state index in [0.717, 1.165) is 12.6 Å². The molecular formula is C12H23N3O. The van der Waals surface area contributed by atoms with Gasteiger partial charge in [-0.1, -0.05) is 0 Å². The zero-order valence-corrected chi connectivity index (χ0v) is 10.2. The lowest BCUT2D eigenvalue weighted by Crippen LogP contribution is -2.48. The first-order chi connectivity index (χ1) is 7.79. The third-order valence-corrected chi connectivity index (χ3v) is 3.75. The Labute approximate surface area is 97.8 Å². The number of rotatable bonds is 4. The Balaban J connectivity index is 1.69. The molecule has 0 aliphatic carbocycles. The van der Waals surface area contributed by atoms with E-state index in [1.807, 2.05) is 6.92 Å². The average molecular weight is 225 g/mol. The van der Waals surface area contributed by atoms with Crippen LogP contribution in [-0.2, 0) is 4.79 Å². The summed E-state index contributed by atoms with van der Waals surface area (Å²) < 4.78 is 0. The van der Waals surface area contributed by atoms with Crippen LogP contribution < -0.4 is 10.6 Å². The number of piperidine rings is 1. The Morgan fingerprint density at radius 3 is 3.06 bits per heavy atom. The molecule has 0 radical (unpaired) electrons. The molecule has 4 heteroatoms. The molecule has 2 heterocycles. The molecule has 2 fully saturated rings.